The average molecular weight is 455 g/mol. The third-order valence-corrected chi connectivity index (χ3v) is 5.74. The topological polar surface area (TPSA) is 81.4 Å². The minimum Gasteiger partial charge on any atom is -0.459 e. The van der Waals surface area contributed by atoms with Gasteiger partial charge in [0.15, 0.2) is 6.61 Å². The summed E-state index contributed by atoms with van der Waals surface area (Å²) in [7, 11) is 0. The molecule has 0 aliphatic carbocycles. The van der Waals surface area contributed by atoms with Crippen LogP contribution in [-0.2, 0) is 20.7 Å². The molecule has 31 heavy (non-hydrogen) atoms. The van der Waals surface area contributed by atoms with Gasteiger partial charge in [0.05, 0.1) is 18.2 Å². The van der Waals surface area contributed by atoms with E-state index in [4.69, 9.17) is 20.8 Å². The van der Waals surface area contributed by atoms with E-state index in [2.05, 4.69) is 10.3 Å². The fourth-order valence-corrected chi connectivity index (χ4v) is 4.06. The number of carbonyl (C=O) groups is 2. The van der Waals surface area contributed by atoms with Crippen LogP contribution in [0.5, 0.6) is 0 Å². The Kier molecular flexibility index (Phi) is 6.34. The van der Waals surface area contributed by atoms with Crippen LogP contribution >= 0.6 is 22.9 Å². The zero-order chi connectivity index (χ0) is 21.8. The summed E-state index contributed by atoms with van der Waals surface area (Å²) in [6.07, 6.45) is -0.0104. The zero-order valence-electron chi connectivity index (χ0n) is 16.6. The van der Waals surface area contributed by atoms with E-state index in [1.165, 1.54) is 11.3 Å². The summed E-state index contributed by atoms with van der Waals surface area (Å²) in [6.45, 7) is 1.44. The summed E-state index contributed by atoms with van der Waals surface area (Å²) in [4.78, 5) is 28.7. The van der Waals surface area contributed by atoms with E-state index in [0.717, 1.165) is 21.5 Å². The van der Waals surface area contributed by atoms with E-state index < -0.39 is 11.9 Å². The summed E-state index contributed by atoms with van der Waals surface area (Å²) in [5, 5.41) is 6.92. The number of rotatable bonds is 7. The number of carbonyl (C=O) groups excluding carboxylic acids is 2. The number of amides is 1. The minimum absolute atomic E-state index is 0.0104. The Balaban J connectivity index is 1.27. The molecule has 0 spiro atoms. The molecule has 1 amide bonds. The normalized spacial score (nSPS) is 11.9. The Morgan fingerprint density at radius 1 is 1.19 bits per heavy atom. The molecule has 0 bridgehead atoms. The molecule has 2 aromatic heterocycles. The molecule has 0 saturated carbocycles. The highest BCUT2D eigenvalue weighted by Gasteiger charge is 2.16. The van der Waals surface area contributed by atoms with Crippen molar-refractivity contribution in [1.82, 2.24) is 10.3 Å². The molecule has 2 aromatic carbocycles. The van der Waals surface area contributed by atoms with Crippen molar-refractivity contribution in [1.29, 1.82) is 0 Å². The van der Waals surface area contributed by atoms with E-state index in [0.29, 0.717) is 16.5 Å². The highest BCUT2D eigenvalue weighted by Crippen LogP contribution is 2.26. The zero-order valence-corrected chi connectivity index (χ0v) is 18.2. The SMILES string of the molecule is CC(NC(=O)COC(=O)Cc1csc(-c2cccc(Cl)c2)n1)c1cc2ccccc2o1. The predicted molar refractivity (Wildman–Crippen MR) is 120 cm³/mol. The minimum atomic E-state index is -0.519. The molecule has 0 fully saturated rings. The van der Waals surface area contributed by atoms with Crippen molar-refractivity contribution in [3.8, 4) is 10.6 Å². The van der Waals surface area contributed by atoms with Crippen LogP contribution in [0.4, 0.5) is 0 Å². The molecule has 158 valence electrons. The first kappa shape index (κ1) is 21.1. The molecule has 4 aromatic rings. The fourth-order valence-electron chi connectivity index (χ4n) is 3.06. The molecule has 1 atom stereocenters. The van der Waals surface area contributed by atoms with Gasteiger partial charge in [0.25, 0.3) is 5.91 Å². The van der Waals surface area contributed by atoms with Gasteiger partial charge in [-0.15, -0.1) is 11.3 Å². The summed E-state index contributed by atoms with van der Waals surface area (Å²) >= 11 is 7.43. The number of fused-ring (bicyclic) bond motifs is 1. The van der Waals surface area contributed by atoms with Gasteiger partial charge in [0.2, 0.25) is 0 Å². The number of nitrogens with one attached hydrogen (secondary N) is 1. The van der Waals surface area contributed by atoms with Crippen molar-refractivity contribution in [2.24, 2.45) is 0 Å². The Morgan fingerprint density at radius 3 is 2.84 bits per heavy atom. The lowest BCUT2D eigenvalue weighted by Gasteiger charge is -2.11. The maximum Gasteiger partial charge on any atom is 0.312 e. The number of esters is 1. The summed E-state index contributed by atoms with van der Waals surface area (Å²) in [6, 6.07) is 16.5. The first-order valence-electron chi connectivity index (χ1n) is 9.62. The van der Waals surface area contributed by atoms with Crippen molar-refractivity contribution in [3.05, 3.63) is 76.5 Å². The highest BCUT2D eigenvalue weighted by atomic mass is 35.5. The molecule has 8 heteroatoms. The number of halogens is 1. The molecule has 0 saturated heterocycles. The van der Waals surface area contributed by atoms with Gasteiger partial charge in [-0.1, -0.05) is 41.9 Å². The third kappa shape index (κ3) is 5.31. The molecule has 1 N–H and O–H groups in total. The number of nitrogens with zero attached hydrogens (tertiary/aromatic N) is 1. The van der Waals surface area contributed by atoms with Crippen LogP contribution in [0.1, 0.15) is 24.4 Å². The first-order valence-corrected chi connectivity index (χ1v) is 10.9. The molecule has 2 heterocycles. The predicted octanol–water partition coefficient (Wildman–Crippen LogP) is 5.17. The second kappa shape index (κ2) is 9.32. The van der Waals surface area contributed by atoms with Crippen LogP contribution in [-0.4, -0.2) is 23.5 Å². The summed E-state index contributed by atoms with van der Waals surface area (Å²) in [5.41, 5.74) is 2.22. The number of benzene rings is 2. The lowest BCUT2D eigenvalue weighted by Crippen LogP contribution is -2.31. The molecule has 4 rings (SSSR count). The standard InChI is InChI=1S/C23H19ClN2O4S/c1-14(20-10-15-5-2-3-8-19(15)30-20)25-21(27)12-29-22(28)11-18-13-31-23(26-18)16-6-4-7-17(24)9-16/h2-10,13-14H,11-12H2,1H3,(H,25,27). The van der Waals surface area contributed by atoms with Crippen LogP contribution in [0.15, 0.2) is 64.4 Å². The molecular formula is C23H19ClN2O4S. The molecule has 0 aliphatic rings. The average Bonchev–Trinajstić information content (AvgIpc) is 3.39. The van der Waals surface area contributed by atoms with Gasteiger partial charge >= 0.3 is 5.97 Å². The van der Waals surface area contributed by atoms with Gasteiger partial charge < -0.3 is 14.5 Å². The van der Waals surface area contributed by atoms with Gasteiger partial charge in [-0.25, -0.2) is 4.98 Å². The third-order valence-electron chi connectivity index (χ3n) is 4.56. The van der Waals surface area contributed by atoms with Crippen molar-refractivity contribution in [3.63, 3.8) is 0 Å². The van der Waals surface area contributed by atoms with Gasteiger partial charge in [-0.2, -0.15) is 0 Å². The van der Waals surface area contributed by atoms with Crippen LogP contribution in [0.3, 0.4) is 0 Å². The molecule has 0 aliphatic heterocycles. The molecule has 0 radical (unpaired) electrons. The lowest BCUT2D eigenvalue weighted by molar-refractivity contribution is -0.148. The van der Waals surface area contributed by atoms with Crippen LogP contribution < -0.4 is 5.32 Å². The fraction of sp³-hybridized carbons (Fsp3) is 0.174. The Bertz CT molecular complexity index is 1200. The number of aromatic nitrogens is 1. The smallest absolute Gasteiger partial charge is 0.312 e. The highest BCUT2D eigenvalue weighted by molar-refractivity contribution is 7.13. The van der Waals surface area contributed by atoms with Crippen LogP contribution in [0.2, 0.25) is 5.02 Å². The molecule has 1 unspecified atom stereocenters. The van der Waals surface area contributed by atoms with E-state index >= 15 is 0 Å². The van der Waals surface area contributed by atoms with E-state index in [9.17, 15) is 9.59 Å². The second-order valence-electron chi connectivity index (χ2n) is 6.97. The maximum absolute atomic E-state index is 12.2. The number of thiazole rings is 1. The Labute approximate surface area is 187 Å². The van der Waals surface area contributed by atoms with Crippen molar-refractivity contribution >= 4 is 45.8 Å². The first-order chi connectivity index (χ1) is 15.0. The van der Waals surface area contributed by atoms with Crippen LogP contribution in [0, 0.1) is 0 Å². The molecule has 6 nitrogen and oxygen atoms in total. The maximum atomic E-state index is 12.2. The van der Waals surface area contributed by atoms with Gasteiger partial charge in [0.1, 0.15) is 16.4 Å². The van der Waals surface area contributed by atoms with Crippen molar-refractivity contribution < 1.29 is 18.7 Å². The van der Waals surface area contributed by atoms with Gasteiger partial charge in [0, 0.05) is 21.4 Å². The van der Waals surface area contributed by atoms with Crippen LogP contribution in [0.25, 0.3) is 21.5 Å². The van der Waals surface area contributed by atoms with Crippen molar-refractivity contribution in [2.45, 2.75) is 19.4 Å². The van der Waals surface area contributed by atoms with E-state index in [1.54, 1.807) is 11.4 Å². The molecular weight excluding hydrogens is 436 g/mol. The van der Waals surface area contributed by atoms with E-state index in [1.807, 2.05) is 55.5 Å². The number of hydrogen-bond acceptors (Lipinski definition) is 6. The Morgan fingerprint density at radius 2 is 2.03 bits per heavy atom. The number of para-hydroxylation sites is 1. The largest absolute Gasteiger partial charge is 0.459 e. The summed E-state index contributed by atoms with van der Waals surface area (Å²) in [5.74, 6) is -0.287. The lowest BCUT2D eigenvalue weighted by atomic mass is 10.2. The van der Waals surface area contributed by atoms with E-state index in [-0.39, 0.29) is 19.1 Å². The quantitative estimate of drug-likeness (QED) is 0.389. The second-order valence-corrected chi connectivity index (χ2v) is 8.26. The summed E-state index contributed by atoms with van der Waals surface area (Å²) < 4.78 is 10.8. The van der Waals surface area contributed by atoms with Gasteiger partial charge in [-0.05, 0) is 31.2 Å². The number of ether oxygens (including phenoxy) is 1. The van der Waals surface area contributed by atoms with Crippen molar-refractivity contribution in [2.75, 3.05) is 6.61 Å². The van der Waals surface area contributed by atoms with Gasteiger partial charge in [-0.3, -0.25) is 9.59 Å². The Hall–Kier alpha value is -3.16. The monoisotopic (exact) mass is 454 g/mol. The number of furan rings is 1. The number of hydrogen-bond donors (Lipinski definition) is 1.